The molecule has 59 heavy (non-hydrogen) atoms. The normalized spacial score (nSPS) is 13.1. The van der Waals surface area contributed by atoms with Crippen LogP contribution in [-0.4, -0.2) is 69.3 Å². The van der Waals surface area contributed by atoms with Gasteiger partial charge in [-0.2, -0.15) is 5.26 Å². The minimum Gasteiger partial charge on any atom is -0.492 e. The standard InChI is InChI=1S/C46H48ClN3O9/c1-29-37(33-11-13-36(14-12-33)57-18-17-50-46(4,28-52)44(55)56)7-5-8-38(29)39-9-6-10-41(30(39)2)59-26-35-21-42(58-25-32-19-31(22-48)23-49-24-32)34(20-40(35)47)15-16-45(3,27-51)43(53)54/h5-14,19-21,23-24,50-52H,15-18,25-28H2,1-4H3,(H,53,54)(H,55,56)/t45-,46-/m1/s1. The van der Waals surface area contributed by atoms with Crippen LogP contribution < -0.4 is 19.5 Å². The summed E-state index contributed by atoms with van der Waals surface area (Å²) < 4.78 is 18.4. The summed E-state index contributed by atoms with van der Waals surface area (Å²) in [5, 5.41) is 50.9. The molecule has 308 valence electrons. The van der Waals surface area contributed by atoms with Crippen LogP contribution in [0.2, 0.25) is 5.02 Å². The molecule has 5 rings (SSSR count). The molecule has 0 amide bonds. The van der Waals surface area contributed by atoms with Gasteiger partial charge in [-0.25, -0.2) is 0 Å². The van der Waals surface area contributed by atoms with Crippen molar-refractivity contribution in [3.05, 3.63) is 130 Å². The lowest BCUT2D eigenvalue weighted by Crippen LogP contribution is -2.53. The van der Waals surface area contributed by atoms with Gasteiger partial charge >= 0.3 is 11.9 Å². The zero-order chi connectivity index (χ0) is 42.7. The zero-order valence-corrected chi connectivity index (χ0v) is 34.2. The van der Waals surface area contributed by atoms with Gasteiger partial charge in [-0.1, -0.05) is 54.1 Å². The van der Waals surface area contributed by atoms with E-state index in [2.05, 4.69) is 35.4 Å². The Labute approximate surface area is 348 Å². The average Bonchev–Trinajstić information content (AvgIpc) is 3.24. The first-order chi connectivity index (χ1) is 28.2. The van der Waals surface area contributed by atoms with Gasteiger partial charge in [0.05, 0.1) is 24.2 Å². The molecular weight excluding hydrogens is 774 g/mol. The lowest BCUT2D eigenvalue weighted by atomic mass is 9.85. The van der Waals surface area contributed by atoms with Crippen LogP contribution in [0.1, 0.15) is 53.6 Å². The lowest BCUT2D eigenvalue weighted by Gasteiger charge is -2.23. The lowest BCUT2D eigenvalue weighted by molar-refractivity contribution is -0.150. The maximum atomic E-state index is 11.9. The van der Waals surface area contributed by atoms with Crippen LogP contribution in [0.5, 0.6) is 17.2 Å². The first kappa shape index (κ1) is 44.1. The number of rotatable bonds is 20. The van der Waals surface area contributed by atoms with Gasteiger partial charge in [0.15, 0.2) is 0 Å². The first-order valence-corrected chi connectivity index (χ1v) is 19.4. The van der Waals surface area contributed by atoms with E-state index in [0.717, 1.165) is 33.4 Å². The number of aliphatic hydroxyl groups excluding tert-OH is 2. The Balaban J connectivity index is 1.33. The van der Waals surface area contributed by atoms with E-state index in [1.54, 1.807) is 24.4 Å². The SMILES string of the molecule is Cc1c(OCc2cc(OCc3cncc(C#N)c3)c(CC[C@](C)(CO)C(=O)O)cc2Cl)cccc1-c1cccc(-c2ccc(OCCN[C@](C)(CO)C(=O)O)cc2)c1C. The highest BCUT2D eigenvalue weighted by Crippen LogP contribution is 2.38. The van der Waals surface area contributed by atoms with E-state index in [-0.39, 0.29) is 39.2 Å². The molecule has 2 atom stereocenters. The number of carboxylic acid groups (broad SMARTS) is 2. The van der Waals surface area contributed by atoms with Gasteiger partial charge in [0, 0.05) is 35.1 Å². The van der Waals surface area contributed by atoms with Crippen molar-refractivity contribution in [1.29, 1.82) is 5.26 Å². The third kappa shape index (κ3) is 10.8. The summed E-state index contributed by atoms with van der Waals surface area (Å²) in [6, 6.07) is 27.0. The Morgan fingerprint density at radius 1 is 0.797 bits per heavy atom. The smallest absolute Gasteiger partial charge is 0.326 e. The molecule has 0 aliphatic rings. The number of halogens is 1. The molecule has 5 aromatic rings. The third-order valence-corrected chi connectivity index (χ3v) is 10.8. The molecule has 0 aliphatic carbocycles. The van der Waals surface area contributed by atoms with Crippen molar-refractivity contribution in [3.63, 3.8) is 0 Å². The highest BCUT2D eigenvalue weighted by Gasteiger charge is 2.33. The summed E-state index contributed by atoms with van der Waals surface area (Å²) in [4.78, 5) is 27.4. The van der Waals surface area contributed by atoms with E-state index >= 15 is 0 Å². The number of hydrogen-bond acceptors (Lipinski definition) is 10. The molecular formula is C46H48ClN3O9. The molecule has 4 aromatic carbocycles. The van der Waals surface area contributed by atoms with Gasteiger partial charge in [0.2, 0.25) is 0 Å². The summed E-state index contributed by atoms with van der Waals surface area (Å²) >= 11 is 6.82. The molecule has 13 heteroatoms. The molecule has 0 fully saturated rings. The number of nitrogens with one attached hydrogen (secondary N) is 1. The van der Waals surface area contributed by atoms with Gasteiger partial charge in [-0.3, -0.25) is 19.9 Å². The van der Waals surface area contributed by atoms with Crippen LogP contribution in [-0.2, 0) is 29.2 Å². The number of aryl methyl sites for hydroxylation is 1. The summed E-state index contributed by atoms with van der Waals surface area (Å²) in [7, 11) is 0. The molecule has 12 nitrogen and oxygen atoms in total. The molecule has 0 saturated heterocycles. The number of nitriles is 1. The average molecular weight is 822 g/mol. The van der Waals surface area contributed by atoms with Crippen LogP contribution in [0.15, 0.2) is 91.3 Å². The number of carboxylic acids is 2. The Morgan fingerprint density at radius 3 is 2.14 bits per heavy atom. The van der Waals surface area contributed by atoms with Crippen LogP contribution in [0.4, 0.5) is 0 Å². The van der Waals surface area contributed by atoms with Crippen molar-refractivity contribution in [2.75, 3.05) is 26.4 Å². The fraction of sp³-hybridized carbons (Fsp3) is 0.304. The molecule has 1 aromatic heterocycles. The quantitative estimate of drug-likeness (QED) is 0.0486. The minimum absolute atomic E-state index is 0.102. The third-order valence-electron chi connectivity index (χ3n) is 10.5. The van der Waals surface area contributed by atoms with E-state index in [4.69, 9.17) is 25.8 Å². The first-order valence-electron chi connectivity index (χ1n) is 19.0. The number of aliphatic hydroxyl groups is 2. The highest BCUT2D eigenvalue weighted by molar-refractivity contribution is 6.31. The second-order valence-corrected chi connectivity index (χ2v) is 15.3. The largest absolute Gasteiger partial charge is 0.492 e. The Hall–Kier alpha value is -5.97. The van der Waals surface area contributed by atoms with Crippen LogP contribution in [0, 0.1) is 30.6 Å². The highest BCUT2D eigenvalue weighted by atomic mass is 35.5. The number of ether oxygens (including phenoxy) is 3. The fourth-order valence-electron chi connectivity index (χ4n) is 6.41. The van der Waals surface area contributed by atoms with Gasteiger partial charge in [0.1, 0.15) is 48.7 Å². The molecule has 0 aliphatic heterocycles. The van der Waals surface area contributed by atoms with Crippen molar-refractivity contribution in [3.8, 4) is 45.6 Å². The molecule has 0 radical (unpaired) electrons. The van der Waals surface area contributed by atoms with E-state index in [0.29, 0.717) is 44.5 Å². The van der Waals surface area contributed by atoms with E-state index in [1.165, 1.54) is 20.0 Å². The molecule has 5 N–H and O–H groups in total. The van der Waals surface area contributed by atoms with E-state index in [9.17, 15) is 35.3 Å². The Bertz CT molecular complexity index is 2330. The van der Waals surface area contributed by atoms with Gasteiger partial charge in [0.25, 0.3) is 0 Å². The number of nitrogens with zero attached hydrogens (tertiary/aromatic N) is 2. The summed E-state index contributed by atoms with van der Waals surface area (Å²) in [6.07, 6.45) is 3.48. The van der Waals surface area contributed by atoms with Crippen LogP contribution in [0.25, 0.3) is 22.3 Å². The van der Waals surface area contributed by atoms with Crippen molar-refractivity contribution in [1.82, 2.24) is 10.3 Å². The second kappa shape index (κ2) is 19.7. The predicted molar refractivity (Wildman–Crippen MR) is 224 cm³/mol. The number of benzene rings is 4. The van der Waals surface area contributed by atoms with Crippen molar-refractivity contribution >= 4 is 23.5 Å². The Kier molecular flexibility index (Phi) is 14.7. The second-order valence-electron chi connectivity index (χ2n) is 14.8. The number of hydrogen-bond donors (Lipinski definition) is 5. The number of pyridine rings is 1. The monoisotopic (exact) mass is 821 g/mol. The number of carbonyl (C=O) groups is 2. The number of aromatic nitrogens is 1. The van der Waals surface area contributed by atoms with Crippen LogP contribution in [0.3, 0.4) is 0 Å². The van der Waals surface area contributed by atoms with Gasteiger partial charge < -0.3 is 34.6 Å². The van der Waals surface area contributed by atoms with Gasteiger partial charge in [-0.15, -0.1) is 0 Å². The van der Waals surface area contributed by atoms with Crippen molar-refractivity contribution in [2.45, 2.75) is 59.3 Å². The van der Waals surface area contributed by atoms with E-state index in [1.807, 2.05) is 55.5 Å². The maximum Gasteiger partial charge on any atom is 0.326 e. The fourth-order valence-corrected chi connectivity index (χ4v) is 6.65. The predicted octanol–water partition coefficient (Wildman–Crippen LogP) is 7.54. The molecule has 0 saturated carbocycles. The van der Waals surface area contributed by atoms with Crippen molar-refractivity contribution in [2.24, 2.45) is 5.41 Å². The molecule has 0 unspecified atom stereocenters. The molecule has 1 heterocycles. The van der Waals surface area contributed by atoms with Gasteiger partial charge in [-0.05, 0) is 116 Å². The zero-order valence-electron chi connectivity index (χ0n) is 33.4. The molecule has 0 spiro atoms. The maximum absolute atomic E-state index is 11.9. The molecule has 0 bridgehead atoms. The summed E-state index contributed by atoms with van der Waals surface area (Å²) in [5.41, 5.74) is 5.65. The van der Waals surface area contributed by atoms with Crippen LogP contribution >= 0.6 is 11.6 Å². The Morgan fingerprint density at radius 2 is 1.47 bits per heavy atom. The topological polar surface area (TPSA) is 191 Å². The van der Waals surface area contributed by atoms with Crippen molar-refractivity contribution < 1.29 is 44.2 Å². The minimum atomic E-state index is -1.44. The summed E-state index contributed by atoms with van der Waals surface area (Å²) in [6.45, 7) is 6.59. The number of aliphatic carboxylic acids is 2. The van der Waals surface area contributed by atoms with E-state index < -0.39 is 36.1 Å². The summed E-state index contributed by atoms with van der Waals surface area (Å²) in [5.74, 6) is -0.483.